The van der Waals surface area contributed by atoms with Crippen LogP contribution in [0.3, 0.4) is 0 Å². The number of fused-ring (bicyclic) bond motifs is 2. The number of benzene rings is 1. The van der Waals surface area contributed by atoms with E-state index in [4.69, 9.17) is 14.8 Å². The van der Waals surface area contributed by atoms with Gasteiger partial charge in [0.1, 0.15) is 5.41 Å². The van der Waals surface area contributed by atoms with Crippen LogP contribution in [0, 0.1) is 5.92 Å². The number of Topliss-reactive ketones (excluding diaryl/α,β-unsaturated/α-hetero) is 1. The first-order chi connectivity index (χ1) is 16.6. The highest BCUT2D eigenvalue weighted by Crippen LogP contribution is 2.48. The van der Waals surface area contributed by atoms with Gasteiger partial charge in [0.05, 0.1) is 12.8 Å². The van der Waals surface area contributed by atoms with Crippen LogP contribution in [0.25, 0.3) is 16.9 Å². The lowest BCUT2D eigenvalue weighted by Gasteiger charge is -2.22. The first-order valence-corrected chi connectivity index (χ1v) is 12.5. The smallest absolute Gasteiger partial charge is 0.234 e. The van der Waals surface area contributed by atoms with Gasteiger partial charge in [-0.3, -0.25) is 9.59 Å². The van der Waals surface area contributed by atoms with E-state index < -0.39 is 5.41 Å². The van der Waals surface area contributed by atoms with Gasteiger partial charge in [0.2, 0.25) is 5.91 Å². The molecule has 6 rings (SSSR count). The van der Waals surface area contributed by atoms with Gasteiger partial charge in [-0.05, 0) is 55.7 Å². The van der Waals surface area contributed by atoms with Gasteiger partial charge in [-0.1, -0.05) is 37.5 Å². The first kappa shape index (κ1) is 21.3. The lowest BCUT2D eigenvalue weighted by Crippen LogP contribution is -2.38. The van der Waals surface area contributed by atoms with E-state index in [0.717, 1.165) is 48.2 Å². The summed E-state index contributed by atoms with van der Waals surface area (Å²) in [5, 5.41) is 8.09. The van der Waals surface area contributed by atoms with Gasteiger partial charge in [0.15, 0.2) is 23.0 Å². The molecule has 0 atom stereocenters. The predicted octanol–water partition coefficient (Wildman–Crippen LogP) is 4.26. The Balaban J connectivity index is 1.37. The van der Waals surface area contributed by atoms with E-state index in [1.807, 2.05) is 30.3 Å². The van der Waals surface area contributed by atoms with Crippen molar-refractivity contribution in [3.8, 4) is 17.0 Å². The molecule has 0 radical (unpaired) electrons. The topological polar surface area (TPSA) is 85.6 Å². The molecule has 3 aliphatic carbocycles. The number of pyridine rings is 1. The molecule has 1 amide bonds. The van der Waals surface area contributed by atoms with Crippen LogP contribution in [0.2, 0.25) is 0 Å². The molecule has 2 saturated carbocycles. The Kier molecular flexibility index (Phi) is 5.15. The quantitative estimate of drug-likeness (QED) is 0.597. The number of ketones is 1. The first-order valence-electron chi connectivity index (χ1n) is 12.5. The van der Waals surface area contributed by atoms with Crippen molar-refractivity contribution in [3.63, 3.8) is 0 Å². The Morgan fingerprint density at radius 3 is 2.68 bits per heavy atom. The van der Waals surface area contributed by atoms with Gasteiger partial charge in [-0.2, -0.15) is 0 Å². The van der Waals surface area contributed by atoms with Gasteiger partial charge in [-0.15, -0.1) is 5.10 Å². The lowest BCUT2D eigenvalue weighted by molar-refractivity contribution is -0.124. The van der Waals surface area contributed by atoms with Crippen LogP contribution in [-0.4, -0.2) is 39.9 Å². The van der Waals surface area contributed by atoms with E-state index in [1.54, 1.807) is 11.6 Å². The maximum Gasteiger partial charge on any atom is 0.234 e. The van der Waals surface area contributed by atoms with E-state index in [0.29, 0.717) is 29.6 Å². The Morgan fingerprint density at radius 1 is 1.12 bits per heavy atom. The molecule has 2 aromatic heterocycles. The normalized spacial score (nSPS) is 19.3. The average Bonchev–Trinajstić information content (AvgIpc) is 3.42. The standard InChI is InChI=1S/C27H30N4O3/c1-34-23-13-11-21(19-8-5-9-20-18(19)10-12-22(20)32)31-24(23)29-25(30-31)27(14-15-27)26(33)28-16-17-6-3-2-4-7-17/h5,8-9,11,13,17H,2-4,6-7,10,12,14-16H2,1H3,(H,28,33). The zero-order valence-electron chi connectivity index (χ0n) is 19.6. The highest BCUT2D eigenvalue weighted by atomic mass is 16.5. The van der Waals surface area contributed by atoms with Gasteiger partial charge in [0, 0.05) is 24.1 Å². The molecule has 0 aliphatic heterocycles. The molecule has 0 unspecified atom stereocenters. The summed E-state index contributed by atoms with van der Waals surface area (Å²) in [4.78, 5) is 30.4. The number of nitrogens with zero attached hydrogens (tertiary/aromatic N) is 3. The van der Waals surface area contributed by atoms with Crippen molar-refractivity contribution in [1.29, 1.82) is 0 Å². The summed E-state index contributed by atoms with van der Waals surface area (Å²) >= 11 is 0. The van der Waals surface area contributed by atoms with E-state index >= 15 is 0 Å². The number of nitrogens with one attached hydrogen (secondary N) is 1. The molecule has 7 nitrogen and oxygen atoms in total. The van der Waals surface area contributed by atoms with E-state index in [9.17, 15) is 9.59 Å². The molecular weight excluding hydrogens is 428 g/mol. The Labute approximate surface area is 198 Å². The molecule has 1 aromatic carbocycles. The van der Waals surface area contributed by atoms with Crippen molar-refractivity contribution in [2.24, 2.45) is 5.92 Å². The zero-order chi connectivity index (χ0) is 23.3. The van der Waals surface area contributed by atoms with Crippen molar-refractivity contribution in [2.75, 3.05) is 13.7 Å². The molecular formula is C27H30N4O3. The summed E-state index contributed by atoms with van der Waals surface area (Å²) in [5.41, 5.74) is 3.64. The third-order valence-corrected chi connectivity index (χ3v) is 7.91. The van der Waals surface area contributed by atoms with Crippen LogP contribution in [0.4, 0.5) is 0 Å². The van der Waals surface area contributed by atoms with E-state index in [1.165, 1.54) is 32.1 Å². The Hall–Kier alpha value is -3.22. The third-order valence-electron chi connectivity index (χ3n) is 7.91. The predicted molar refractivity (Wildman–Crippen MR) is 128 cm³/mol. The Morgan fingerprint density at radius 2 is 1.91 bits per heavy atom. The minimum Gasteiger partial charge on any atom is -0.493 e. The average molecular weight is 459 g/mol. The number of carbonyl (C=O) groups excluding carboxylic acids is 2. The van der Waals surface area contributed by atoms with Crippen molar-refractivity contribution in [2.45, 2.75) is 63.2 Å². The van der Waals surface area contributed by atoms with Crippen LogP contribution in [0.1, 0.15) is 73.1 Å². The largest absolute Gasteiger partial charge is 0.493 e. The maximum absolute atomic E-state index is 13.3. The third kappa shape index (κ3) is 3.40. The molecule has 0 saturated heterocycles. The van der Waals surface area contributed by atoms with Gasteiger partial charge >= 0.3 is 0 Å². The summed E-state index contributed by atoms with van der Waals surface area (Å²) in [6, 6.07) is 9.71. The monoisotopic (exact) mass is 458 g/mol. The highest BCUT2D eigenvalue weighted by Gasteiger charge is 2.55. The van der Waals surface area contributed by atoms with Crippen LogP contribution in [0.5, 0.6) is 5.75 Å². The summed E-state index contributed by atoms with van der Waals surface area (Å²) in [7, 11) is 1.62. The fraction of sp³-hybridized carbons (Fsp3) is 0.481. The summed E-state index contributed by atoms with van der Waals surface area (Å²) < 4.78 is 7.38. The molecule has 2 fully saturated rings. The number of rotatable bonds is 6. The van der Waals surface area contributed by atoms with Crippen LogP contribution < -0.4 is 10.1 Å². The van der Waals surface area contributed by atoms with Crippen LogP contribution in [-0.2, 0) is 16.6 Å². The number of ether oxygens (including phenoxy) is 1. The second-order valence-corrected chi connectivity index (χ2v) is 10.0. The molecule has 0 bridgehead atoms. The highest BCUT2D eigenvalue weighted by molar-refractivity contribution is 6.02. The molecule has 0 spiro atoms. The summed E-state index contributed by atoms with van der Waals surface area (Å²) in [6.45, 7) is 0.743. The molecule has 2 heterocycles. The number of hydrogen-bond donors (Lipinski definition) is 1. The molecule has 1 N–H and O–H groups in total. The molecule has 7 heteroatoms. The number of aromatic nitrogens is 3. The van der Waals surface area contributed by atoms with Crippen LogP contribution >= 0.6 is 0 Å². The Bertz CT molecular complexity index is 1280. The van der Waals surface area contributed by atoms with E-state index in [-0.39, 0.29) is 11.7 Å². The van der Waals surface area contributed by atoms with Gasteiger partial charge in [-0.25, -0.2) is 9.50 Å². The number of amides is 1. The molecule has 3 aliphatic rings. The SMILES string of the molecule is COc1ccc(-c2cccc3c2CCC3=O)n2nc(C3(C(=O)NCC4CCCCC4)CC3)nc12. The van der Waals surface area contributed by atoms with E-state index in [2.05, 4.69) is 5.32 Å². The second kappa shape index (κ2) is 8.22. The number of methoxy groups -OCH3 is 1. The van der Waals surface area contributed by atoms with Crippen molar-refractivity contribution in [3.05, 3.63) is 47.3 Å². The summed E-state index contributed by atoms with van der Waals surface area (Å²) in [6.07, 6.45) is 9.01. The minimum absolute atomic E-state index is 0.0423. The van der Waals surface area contributed by atoms with Gasteiger partial charge < -0.3 is 10.1 Å². The minimum atomic E-state index is -0.655. The van der Waals surface area contributed by atoms with Crippen molar-refractivity contribution in [1.82, 2.24) is 19.9 Å². The number of hydrogen-bond acceptors (Lipinski definition) is 5. The molecule has 3 aromatic rings. The summed E-state index contributed by atoms with van der Waals surface area (Å²) in [5.74, 6) is 1.98. The van der Waals surface area contributed by atoms with Gasteiger partial charge in [0.25, 0.3) is 0 Å². The van der Waals surface area contributed by atoms with Crippen molar-refractivity contribution < 1.29 is 14.3 Å². The fourth-order valence-electron chi connectivity index (χ4n) is 5.71. The second-order valence-electron chi connectivity index (χ2n) is 10.0. The lowest BCUT2D eigenvalue weighted by atomic mass is 9.89. The van der Waals surface area contributed by atoms with Crippen LogP contribution in [0.15, 0.2) is 30.3 Å². The zero-order valence-corrected chi connectivity index (χ0v) is 19.6. The number of carbonyl (C=O) groups is 2. The molecule has 34 heavy (non-hydrogen) atoms. The molecule has 176 valence electrons. The maximum atomic E-state index is 13.3. The fourth-order valence-corrected chi connectivity index (χ4v) is 5.71. The van der Waals surface area contributed by atoms with Crippen molar-refractivity contribution >= 4 is 17.3 Å².